The molecule has 4 aromatic rings. The van der Waals surface area contributed by atoms with Crippen molar-refractivity contribution in [3.05, 3.63) is 114 Å². The number of methoxy groups -OCH3 is 1. The summed E-state index contributed by atoms with van der Waals surface area (Å²) >= 11 is 0. The Kier molecular flexibility index (Phi) is 6.23. The highest BCUT2D eigenvalue weighted by Crippen LogP contribution is 2.28. The molecule has 0 aliphatic heterocycles. The number of quaternary nitrogens is 1. The molecule has 1 atom stereocenters. The van der Waals surface area contributed by atoms with Crippen LogP contribution in [-0.4, -0.2) is 13.7 Å². The van der Waals surface area contributed by atoms with Crippen LogP contribution in [0.3, 0.4) is 0 Å². The van der Waals surface area contributed by atoms with Crippen molar-refractivity contribution in [3.63, 3.8) is 0 Å². The summed E-state index contributed by atoms with van der Waals surface area (Å²) in [7, 11) is 1.74. The van der Waals surface area contributed by atoms with E-state index in [-0.39, 0.29) is 0 Å². The highest BCUT2D eigenvalue weighted by molar-refractivity contribution is 5.90. The molecule has 0 fully saturated rings. The quantitative estimate of drug-likeness (QED) is 0.467. The van der Waals surface area contributed by atoms with E-state index in [0.29, 0.717) is 0 Å². The van der Waals surface area contributed by atoms with Gasteiger partial charge in [-0.2, -0.15) is 0 Å². The normalized spacial score (nSPS) is 12.0. The highest BCUT2D eigenvalue weighted by Gasteiger charge is 2.14. The third-order valence-electron chi connectivity index (χ3n) is 5.54. The molecule has 0 saturated heterocycles. The molecule has 29 heavy (non-hydrogen) atoms. The van der Waals surface area contributed by atoms with Gasteiger partial charge in [-0.25, -0.2) is 0 Å². The first-order valence-corrected chi connectivity index (χ1v) is 10.3. The van der Waals surface area contributed by atoms with E-state index in [4.69, 9.17) is 4.74 Å². The third-order valence-corrected chi connectivity index (χ3v) is 5.54. The van der Waals surface area contributed by atoms with Gasteiger partial charge in [-0.05, 0) is 23.1 Å². The average molecular weight is 383 g/mol. The number of ether oxygens (including phenoxy) is 1. The smallest absolute Gasteiger partial charge is 0.126 e. The molecule has 0 radical (unpaired) electrons. The largest absolute Gasteiger partial charge is 0.496 e. The monoisotopic (exact) mass is 382 g/mol. The van der Waals surface area contributed by atoms with E-state index in [9.17, 15) is 0 Å². The van der Waals surface area contributed by atoms with Gasteiger partial charge in [0.05, 0.1) is 13.7 Å². The molecule has 2 heteroatoms. The van der Waals surface area contributed by atoms with Crippen LogP contribution in [0.2, 0.25) is 0 Å². The van der Waals surface area contributed by atoms with E-state index < -0.39 is 0 Å². The molecule has 146 valence electrons. The maximum absolute atomic E-state index is 5.58. The number of rotatable bonds is 8. The first-order chi connectivity index (χ1) is 14.3. The molecule has 0 heterocycles. The molecule has 4 rings (SSSR count). The van der Waals surface area contributed by atoms with Gasteiger partial charge < -0.3 is 9.64 Å². The fourth-order valence-electron chi connectivity index (χ4n) is 4.02. The lowest BCUT2D eigenvalue weighted by atomic mass is 10.0. The van der Waals surface area contributed by atoms with Crippen LogP contribution >= 0.6 is 0 Å². The summed E-state index contributed by atoms with van der Waals surface area (Å²) in [6.45, 7) is 3.11. The minimum atomic E-state index is 0.943. The predicted molar refractivity (Wildman–Crippen MR) is 120 cm³/mol. The van der Waals surface area contributed by atoms with Crippen LogP contribution in [0.1, 0.15) is 16.7 Å². The van der Waals surface area contributed by atoms with Crippen molar-refractivity contribution in [1.82, 2.24) is 0 Å². The lowest BCUT2D eigenvalue weighted by Gasteiger charge is -2.21. The first kappa shape index (κ1) is 19.2. The number of fused-ring (bicyclic) bond motifs is 1. The fourth-order valence-corrected chi connectivity index (χ4v) is 4.02. The van der Waals surface area contributed by atoms with Crippen molar-refractivity contribution in [2.75, 3.05) is 13.7 Å². The van der Waals surface area contributed by atoms with Crippen LogP contribution in [0, 0.1) is 0 Å². The second-order valence-corrected chi connectivity index (χ2v) is 7.55. The van der Waals surface area contributed by atoms with Crippen LogP contribution in [0.4, 0.5) is 0 Å². The number of hydrogen-bond donors (Lipinski definition) is 1. The summed E-state index contributed by atoms with van der Waals surface area (Å²) in [5, 5.41) is 2.48. The molecule has 0 bridgehead atoms. The predicted octanol–water partition coefficient (Wildman–Crippen LogP) is 4.68. The Balaban J connectivity index is 1.60. The zero-order valence-corrected chi connectivity index (χ0v) is 17.0. The van der Waals surface area contributed by atoms with Gasteiger partial charge in [0.2, 0.25) is 0 Å². The molecule has 0 aliphatic rings. The van der Waals surface area contributed by atoms with Crippen molar-refractivity contribution in [2.24, 2.45) is 0 Å². The van der Waals surface area contributed by atoms with Gasteiger partial charge in [-0.15, -0.1) is 0 Å². The molecule has 0 saturated carbocycles. The zero-order valence-electron chi connectivity index (χ0n) is 17.0. The van der Waals surface area contributed by atoms with Crippen molar-refractivity contribution in [1.29, 1.82) is 0 Å². The molecular formula is C27H28NO+. The Morgan fingerprint density at radius 2 is 1.24 bits per heavy atom. The van der Waals surface area contributed by atoms with Gasteiger partial charge in [0.1, 0.15) is 18.8 Å². The van der Waals surface area contributed by atoms with Gasteiger partial charge in [0.15, 0.2) is 0 Å². The van der Waals surface area contributed by atoms with Gasteiger partial charge in [0.25, 0.3) is 0 Å². The minimum absolute atomic E-state index is 0.943. The molecule has 4 aromatic carbocycles. The summed E-state index contributed by atoms with van der Waals surface area (Å²) in [6, 6.07) is 34.5. The van der Waals surface area contributed by atoms with E-state index in [1.807, 2.05) is 0 Å². The fraction of sp³-hybridized carbons (Fsp3) is 0.185. The Labute approximate surface area is 173 Å². The van der Waals surface area contributed by atoms with E-state index >= 15 is 0 Å². The number of nitrogens with one attached hydrogen (secondary N) is 1. The molecule has 0 amide bonds. The van der Waals surface area contributed by atoms with Gasteiger partial charge in [-0.1, -0.05) is 84.9 Å². The molecule has 1 N–H and O–H groups in total. The Bertz CT molecular complexity index is 1040. The standard InChI is InChI=1S/C27H27NO/c1-29-27-17-16-24(25-14-8-9-15-26(25)27)21-28(20-23-12-6-3-7-13-23)19-18-22-10-4-2-5-11-22/h2-17H,18-21H2,1H3/p+1. The van der Waals surface area contributed by atoms with Crippen molar-refractivity contribution >= 4 is 10.8 Å². The average Bonchev–Trinajstić information content (AvgIpc) is 2.79. The lowest BCUT2D eigenvalue weighted by Crippen LogP contribution is -3.09. The zero-order chi connectivity index (χ0) is 19.9. The summed E-state index contributed by atoms with van der Waals surface area (Å²) in [5.74, 6) is 0.943. The lowest BCUT2D eigenvalue weighted by molar-refractivity contribution is -0.927. The molecule has 0 aliphatic carbocycles. The van der Waals surface area contributed by atoms with Crippen LogP contribution in [-0.2, 0) is 19.5 Å². The molecule has 1 unspecified atom stereocenters. The topological polar surface area (TPSA) is 13.7 Å². The third kappa shape index (κ3) is 4.85. The van der Waals surface area contributed by atoms with E-state index in [1.165, 1.54) is 27.5 Å². The molecule has 0 spiro atoms. The molecule has 0 aromatic heterocycles. The van der Waals surface area contributed by atoms with E-state index in [2.05, 4.69) is 97.1 Å². The Hall–Kier alpha value is -3.10. The summed E-state index contributed by atoms with van der Waals surface area (Å²) in [5.41, 5.74) is 4.16. The van der Waals surface area contributed by atoms with Crippen LogP contribution in [0.5, 0.6) is 5.75 Å². The summed E-state index contributed by atoms with van der Waals surface area (Å²) < 4.78 is 5.58. The van der Waals surface area contributed by atoms with Gasteiger partial charge in [-0.3, -0.25) is 0 Å². The number of benzene rings is 4. The maximum Gasteiger partial charge on any atom is 0.126 e. The Morgan fingerprint density at radius 1 is 0.621 bits per heavy atom. The summed E-state index contributed by atoms with van der Waals surface area (Å²) in [6.07, 6.45) is 1.08. The SMILES string of the molecule is COc1ccc(C[NH+](CCc2ccccc2)Cc2ccccc2)c2ccccc12. The van der Waals surface area contributed by atoms with Crippen LogP contribution in [0.25, 0.3) is 10.8 Å². The maximum atomic E-state index is 5.58. The Morgan fingerprint density at radius 3 is 1.93 bits per heavy atom. The van der Waals surface area contributed by atoms with Crippen molar-refractivity contribution < 1.29 is 9.64 Å². The minimum Gasteiger partial charge on any atom is -0.496 e. The molecule has 2 nitrogen and oxygen atoms in total. The molecular weight excluding hydrogens is 354 g/mol. The number of hydrogen-bond acceptors (Lipinski definition) is 1. The van der Waals surface area contributed by atoms with E-state index in [1.54, 1.807) is 12.0 Å². The first-order valence-electron chi connectivity index (χ1n) is 10.3. The van der Waals surface area contributed by atoms with Gasteiger partial charge in [0, 0.05) is 22.9 Å². The second-order valence-electron chi connectivity index (χ2n) is 7.55. The second kappa shape index (κ2) is 9.40. The highest BCUT2D eigenvalue weighted by atomic mass is 16.5. The van der Waals surface area contributed by atoms with Crippen molar-refractivity contribution in [3.8, 4) is 5.75 Å². The van der Waals surface area contributed by atoms with Gasteiger partial charge >= 0.3 is 0 Å². The van der Waals surface area contributed by atoms with E-state index in [0.717, 1.165) is 31.8 Å². The van der Waals surface area contributed by atoms with Crippen LogP contribution in [0.15, 0.2) is 97.1 Å². The van der Waals surface area contributed by atoms with Crippen molar-refractivity contribution in [2.45, 2.75) is 19.5 Å². The van der Waals surface area contributed by atoms with Crippen LogP contribution < -0.4 is 9.64 Å². The summed E-state index contributed by atoms with van der Waals surface area (Å²) in [4.78, 5) is 1.57.